The average molecular weight is 315 g/mol. The van der Waals surface area contributed by atoms with Gasteiger partial charge in [-0.3, -0.25) is 9.59 Å². The van der Waals surface area contributed by atoms with Crippen molar-refractivity contribution in [3.8, 4) is 0 Å². The van der Waals surface area contributed by atoms with Gasteiger partial charge in [0.05, 0.1) is 11.6 Å². The van der Waals surface area contributed by atoms with Gasteiger partial charge in [-0.15, -0.1) is 0 Å². The zero-order valence-electron chi connectivity index (χ0n) is 12.5. The Morgan fingerprint density at radius 2 is 1.83 bits per heavy atom. The van der Waals surface area contributed by atoms with Crippen LogP contribution in [0, 0.1) is 11.7 Å². The van der Waals surface area contributed by atoms with Crippen molar-refractivity contribution in [2.75, 3.05) is 11.9 Å². The number of carbonyl (C=O) groups excluding carboxylic acids is 2. The first-order chi connectivity index (χ1) is 11.0. The molecule has 23 heavy (non-hydrogen) atoms. The number of halogens is 1. The van der Waals surface area contributed by atoms with Crippen LogP contribution in [0.5, 0.6) is 0 Å². The molecule has 0 aliphatic carbocycles. The summed E-state index contributed by atoms with van der Waals surface area (Å²) in [6.45, 7) is 0.141. The second-order valence-electron chi connectivity index (χ2n) is 5.17. The summed E-state index contributed by atoms with van der Waals surface area (Å²) in [5.41, 5.74) is 11.8. The third kappa shape index (κ3) is 4.37. The third-order valence-electron chi connectivity index (χ3n) is 3.49. The van der Waals surface area contributed by atoms with E-state index in [1.165, 1.54) is 12.1 Å². The molecule has 0 spiro atoms. The molecular weight excluding hydrogens is 297 g/mol. The average Bonchev–Trinajstić information content (AvgIpc) is 2.55. The summed E-state index contributed by atoms with van der Waals surface area (Å²) >= 11 is 0. The highest BCUT2D eigenvalue weighted by Gasteiger charge is 2.19. The molecule has 0 fully saturated rings. The van der Waals surface area contributed by atoms with Crippen molar-refractivity contribution < 1.29 is 14.0 Å². The van der Waals surface area contributed by atoms with Gasteiger partial charge >= 0.3 is 0 Å². The molecule has 2 aromatic rings. The minimum absolute atomic E-state index is 0.00786. The van der Waals surface area contributed by atoms with Crippen LogP contribution < -0.4 is 16.8 Å². The Balaban J connectivity index is 2.09. The van der Waals surface area contributed by atoms with Crippen molar-refractivity contribution >= 4 is 17.5 Å². The molecule has 0 unspecified atom stereocenters. The first-order valence-electron chi connectivity index (χ1n) is 7.15. The van der Waals surface area contributed by atoms with Gasteiger partial charge in [0.1, 0.15) is 5.82 Å². The SMILES string of the molecule is NC[C@H](Cc1ccccc1)C(=O)Nc1ccc(C(N)=O)cc1F. The van der Waals surface area contributed by atoms with Gasteiger partial charge in [0, 0.05) is 12.1 Å². The predicted molar refractivity (Wildman–Crippen MR) is 86.2 cm³/mol. The molecule has 5 nitrogen and oxygen atoms in total. The van der Waals surface area contributed by atoms with Crippen LogP contribution in [-0.4, -0.2) is 18.4 Å². The first-order valence-corrected chi connectivity index (χ1v) is 7.15. The van der Waals surface area contributed by atoms with Gasteiger partial charge in [0.2, 0.25) is 11.8 Å². The van der Waals surface area contributed by atoms with E-state index in [0.717, 1.165) is 11.6 Å². The topological polar surface area (TPSA) is 98.2 Å². The molecular formula is C17H18FN3O2. The number of hydrogen-bond donors (Lipinski definition) is 3. The summed E-state index contributed by atoms with van der Waals surface area (Å²) in [5, 5.41) is 2.50. The van der Waals surface area contributed by atoms with Crippen LogP contribution in [0.4, 0.5) is 10.1 Å². The molecule has 120 valence electrons. The molecule has 5 N–H and O–H groups in total. The van der Waals surface area contributed by atoms with Gasteiger partial charge in [0.15, 0.2) is 0 Å². The van der Waals surface area contributed by atoms with Crippen molar-refractivity contribution in [3.05, 3.63) is 65.5 Å². The van der Waals surface area contributed by atoms with Crippen LogP contribution in [0.3, 0.4) is 0 Å². The fourth-order valence-corrected chi connectivity index (χ4v) is 2.19. The van der Waals surface area contributed by atoms with E-state index in [0.29, 0.717) is 6.42 Å². The molecule has 0 aliphatic rings. The van der Waals surface area contributed by atoms with Crippen molar-refractivity contribution in [3.63, 3.8) is 0 Å². The number of hydrogen-bond acceptors (Lipinski definition) is 3. The van der Waals surface area contributed by atoms with E-state index in [2.05, 4.69) is 5.32 Å². The molecule has 0 aromatic heterocycles. The normalized spacial score (nSPS) is 11.7. The Labute approximate surface area is 133 Å². The van der Waals surface area contributed by atoms with Crippen molar-refractivity contribution in [2.45, 2.75) is 6.42 Å². The number of benzene rings is 2. The molecule has 0 bridgehead atoms. The lowest BCUT2D eigenvalue weighted by Crippen LogP contribution is -2.31. The largest absolute Gasteiger partial charge is 0.366 e. The lowest BCUT2D eigenvalue weighted by atomic mass is 9.98. The molecule has 0 aliphatic heterocycles. The zero-order valence-corrected chi connectivity index (χ0v) is 12.5. The van der Waals surface area contributed by atoms with Crippen molar-refractivity contribution in [1.29, 1.82) is 0 Å². The summed E-state index contributed by atoms with van der Waals surface area (Å²) in [6.07, 6.45) is 0.462. The predicted octanol–water partition coefficient (Wildman–Crippen LogP) is 1.68. The van der Waals surface area contributed by atoms with E-state index in [-0.39, 0.29) is 23.7 Å². The third-order valence-corrected chi connectivity index (χ3v) is 3.49. The molecule has 2 amide bonds. The minimum Gasteiger partial charge on any atom is -0.366 e. The molecule has 0 heterocycles. The Kier molecular flexibility index (Phi) is 5.43. The Morgan fingerprint density at radius 1 is 1.13 bits per heavy atom. The van der Waals surface area contributed by atoms with E-state index in [1.54, 1.807) is 0 Å². The van der Waals surface area contributed by atoms with E-state index < -0.39 is 17.6 Å². The van der Waals surface area contributed by atoms with Crippen LogP contribution in [0.2, 0.25) is 0 Å². The maximum Gasteiger partial charge on any atom is 0.248 e. The van der Waals surface area contributed by atoms with Crippen molar-refractivity contribution in [2.24, 2.45) is 17.4 Å². The van der Waals surface area contributed by atoms with E-state index in [4.69, 9.17) is 11.5 Å². The Hall–Kier alpha value is -2.73. The number of rotatable bonds is 6. The standard InChI is InChI=1S/C17H18FN3O2/c18-14-9-12(16(20)22)6-7-15(14)21-17(23)13(10-19)8-11-4-2-1-3-5-11/h1-7,9,13H,8,10,19H2,(H2,20,22)(H,21,23)/t13-/m0/s1. The van der Waals surface area contributed by atoms with Crippen molar-refractivity contribution in [1.82, 2.24) is 0 Å². The number of carbonyl (C=O) groups is 2. The van der Waals surface area contributed by atoms with Gasteiger partial charge in [-0.2, -0.15) is 0 Å². The fraction of sp³-hybridized carbons (Fsp3) is 0.176. The van der Waals surface area contributed by atoms with E-state index in [9.17, 15) is 14.0 Å². The monoisotopic (exact) mass is 315 g/mol. The minimum atomic E-state index is -0.731. The van der Waals surface area contributed by atoms with E-state index >= 15 is 0 Å². The zero-order chi connectivity index (χ0) is 16.8. The Morgan fingerprint density at radius 3 is 2.39 bits per heavy atom. The van der Waals surface area contributed by atoms with Crippen LogP contribution in [-0.2, 0) is 11.2 Å². The number of amides is 2. The summed E-state index contributed by atoms with van der Waals surface area (Å²) in [6, 6.07) is 13.1. The molecule has 0 saturated carbocycles. The van der Waals surface area contributed by atoms with Crippen LogP contribution in [0.15, 0.2) is 48.5 Å². The highest BCUT2D eigenvalue weighted by atomic mass is 19.1. The fourth-order valence-electron chi connectivity index (χ4n) is 2.19. The highest BCUT2D eigenvalue weighted by Crippen LogP contribution is 2.17. The number of nitrogens with two attached hydrogens (primary N) is 2. The lowest BCUT2D eigenvalue weighted by Gasteiger charge is -2.15. The quantitative estimate of drug-likeness (QED) is 0.756. The second kappa shape index (κ2) is 7.51. The summed E-state index contributed by atoms with van der Waals surface area (Å²) < 4.78 is 13.9. The molecule has 6 heteroatoms. The molecule has 0 radical (unpaired) electrons. The lowest BCUT2D eigenvalue weighted by molar-refractivity contribution is -0.119. The maximum absolute atomic E-state index is 13.9. The van der Waals surface area contributed by atoms with Crippen LogP contribution in [0.1, 0.15) is 15.9 Å². The smallest absolute Gasteiger partial charge is 0.248 e. The Bertz CT molecular complexity index is 704. The summed E-state index contributed by atoms with van der Waals surface area (Å²) in [4.78, 5) is 23.3. The van der Waals surface area contributed by atoms with Crippen LogP contribution in [0.25, 0.3) is 0 Å². The second-order valence-corrected chi connectivity index (χ2v) is 5.17. The van der Waals surface area contributed by atoms with Gasteiger partial charge in [-0.05, 0) is 30.2 Å². The maximum atomic E-state index is 13.9. The molecule has 2 rings (SSSR count). The van der Waals surface area contributed by atoms with E-state index in [1.807, 2.05) is 30.3 Å². The number of anilines is 1. The number of primary amides is 1. The number of nitrogens with one attached hydrogen (secondary N) is 1. The molecule has 1 atom stereocenters. The van der Waals surface area contributed by atoms with Gasteiger partial charge in [-0.1, -0.05) is 30.3 Å². The van der Waals surface area contributed by atoms with Gasteiger partial charge in [0.25, 0.3) is 0 Å². The van der Waals surface area contributed by atoms with Gasteiger partial charge < -0.3 is 16.8 Å². The molecule has 0 saturated heterocycles. The van der Waals surface area contributed by atoms with Gasteiger partial charge in [-0.25, -0.2) is 4.39 Å². The first kappa shape index (κ1) is 16.6. The highest BCUT2D eigenvalue weighted by molar-refractivity contribution is 5.95. The molecule has 2 aromatic carbocycles. The summed E-state index contributed by atoms with van der Waals surface area (Å²) in [5.74, 6) is -2.30. The van der Waals surface area contributed by atoms with Crippen LogP contribution >= 0.6 is 0 Å². The summed E-state index contributed by atoms with van der Waals surface area (Å²) in [7, 11) is 0.